The average Bonchev–Trinajstić information content (AvgIpc) is 2.29. The molecule has 0 radical (unpaired) electrons. The molecule has 0 fully saturated rings. The zero-order valence-corrected chi connectivity index (χ0v) is 9.71. The van der Waals surface area contributed by atoms with Crippen LogP contribution in [-0.2, 0) is 4.74 Å². The Morgan fingerprint density at radius 1 is 1.53 bits per heavy atom. The Bertz CT molecular complexity index is 438. The predicted molar refractivity (Wildman–Crippen MR) is 60.0 cm³/mol. The van der Waals surface area contributed by atoms with E-state index in [1.54, 1.807) is 12.1 Å². The predicted octanol–water partition coefficient (Wildman–Crippen LogP) is 2.64. The minimum Gasteiger partial charge on any atom is -0.488 e. The van der Waals surface area contributed by atoms with Gasteiger partial charge in [0, 0.05) is 5.56 Å². The number of hydrogen-bond acceptors (Lipinski definition) is 3. The molecule has 0 saturated carbocycles. The fourth-order valence-electron chi connectivity index (χ4n) is 1.47. The van der Waals surface area contributed by atoms with E-state index in [1.807, 2.05) is 12.2 Å². The van der Waals surface area contributed by atoms with Crippen LogP contribution in [-0.4, -0.2) is 19.7 Å². The summed E-state index contributed by atoms with van der Waals surface area (Å²) in [5.74, 6) is 0.342. The van der Waals surface area contributed by atoms with Gasteiger partial charge < -0.3 is 9.47 Å². The Morgan fingerprint density at radius 2 is 2.33 bits per heavy atom. The lowest BCUT2D eigenvalue weighted by molar-refractivity contribution is 0.0600. The monoisotopic (exact) mass is 268 g/mol. The molecule has 2 rings (SSSR count). The molecule has 0 spiro atoms. The van der Waals surface area contributed by atoms with Gasteiger partial charge in [0.15, 0.2) is 0 Å². The molecule has 3 nitrogen and oxygen atoms in total. The van der Waals surface area contributed by atoms with Crippen molar-refractivity contribution in [3.8, 4) is 5.75 Å². The Morgan fingerprint density at radius 3 is 3.07 bits per heavy atom. The summed E-state index contributed by atoms with van der Waals surface area (Å²) in [5, 5.41) is 0. The molecule has 0 N–H and O–H groups in total. The van der Waals surface area contributed by atoms with Crippen LogP contribution in [0, 0.1) is 0 Å². The maximum Gasteiger partial charge on any atom is 0.338 e. The third kappa shape index (κ3) is 1.77. The number of carbonyl (C=O) groups excluding carboxylic acids is 1. The van der Waals surface area contributed by atoms with E-state index >= 15 is 0 Å². The van der Waals surface area contributed by atoms with Gasteiger partial charge in [-0.25, -0.2) is 4.79 Å². The number of esters is 1. The number of rotatable bonds is 1. The van der Waals surface area contributed by atoms with Crippen LogP contribution in [0.1, 0.15) is 15.9 Å². The van der Waals surface area contributed by atoms with Gasteiger partial charge in [-0.2, -0.15) is 0 Å². The Kier molecular flexibility index (Phi) is 2.77. The van der Waals surface area contributed by atoms with E-state index in [1.165, 1.54) is 7.11 Å². The molecule has 15 heavy (non-hydrogen) atoms. The zero-order chi connectivity index (χ0) is 10.8. The number of halogens is 1. The molecular formula is C11H9BrO3. The van der Waals surface area contributed by atoms with Gasteiger partial charge in [-0.3, -0.25) is 0 Å². The number of fused-ring (bicyclic) bond motifs is 1. The van der Waals surface area contributed by atoms with Gasteiger partial charge in [0.1, 0.15) is 12.4 Å². The van der Waals surface area contributed by atoms with Crippen LogP contribution < -0.4 is 4.74 Å². The Hall–Kier alpha value is -1.29. The van der Waals surface area contributed by atoms with Crippen LogP contribution in [0.2, 0.25) is 0 Å². The molecule has 4 heteroatoms. The van der Waals surface area contributed by atoms with Crippen molar-refractivity contribution < 1.29 is 14.3 Å². The number of ether oxygens (including phenoxy) is 2. The van der Waals surface area contributed by atoms with Crippen molar-refractivity contribution in [3.63, 3.8) is 0 Å². The van der Waals surface area contributed by atoms with Gasteiger partial charge in [0.25, 0.3) is 0 Å². The van der Waals surface area contributed by atoms with Crippen LogP contribution in [0.25, 0.3) is 6.08 Å². The lowest BCUT2D eigenvalue weighted by Gasteiger charge is -2.16. The lowest BCUT2D eigenvalue weighted by atomic mass is 10.0. The Labute approximate surface area is 95.8 Å². The summed E-state index contributed by atoms with van der Waals surface area (Å²) in [6.45, 7) is 0.524. The molecular weight excluding hydrogens is 260 g/mol. The van der Waals surface area contributed by atoms with Crippen LogP contribution in [0.15, 0.2) is 22.7 Å². The summed E-state index contributed by atoms with van der Waals surface area (Å²) in [7, 11) is 1.37. The van der Waals surface area contributed by atoms with Crippen molar-refractivity contribution >= 4 is 28.0 Å². The Balaban J connectivity index is 2.59. The first-order valence-corrected chi connectivity index (χ1v) is 5.23. The minimum absolute atomic E-state index is 0.353. The number of methoxy groups -OCH3 is 1. The summed E-state index contributed by atoms with van der Waals surface area (Å²) in [5.41, 5.74) is 1.29. The first-order chi connectivity index (χ1) is 7.24. The SMILES string of the molecule is COC(=O)c1ccc(Br)c2c1C=CCO2. The summed E-state index contributed by atoms with van der Waals surface area (Å²) < 4.78 is 11.0. The van der Waals surface area contributed by atoms with Gasteiger partial charge in [-0.15, -0.1) is 0 Å². The van der Waals surface area contributed by atoms with Crippen molar-refractivity contribution in [2.45, 2.75) is 0 Å². The second-order valence-corrected chi connectivity index (χ2v) is 3.90. The second kappa shape index (κ2) is 4.06. The van der Waals surface area contributed by atoms with Crippen molar-refractivity contribution in [1.82, 2.24) is 0 Å². The molecule has 0 aromatic heterocycles. The first-order valence-electron chi connectivity index (χ1n) is 4.44. The number of hydrogen-bond donors (Lipinski definition) is 0. The highest BCUT2D eigenvalue weighted by Gasteiger charge is 2.18. The highest BCUT2D eigenvalue weighted by molar-refractivity contribution is 9.10. The lowest BCUT2D eigenvalue weighted by Crippen LogP contribution is -2.09. The topological polar surface area (TPSA) is 35.5 Å². The molecule has 0 bridgehead atoms. The van der Waals surface area contributed by atoms with Crippen molar-refractivity contribution in [2.24, 2.45) is 0 Å². The van der Waals surface area contributed by atoms with E-state index < -0.39 is 0 Å². The van der Waals surface area contributed by atoms with Crippen molar-refractivity contribution in [3.05, 3.63) is 33.8 Å². The molecule has 1 heterocycles. The largest absolute Gasteiger partial charge is 0.488 e. The van der Waals surface area contributed by atoms with Crippen LogP contribution in [0.5, 0.6) is 5.75 Å². The normalized spacial score (nSPS) is 12.9. The average molecular weight is 269 g/mol. The third-order valence-corrected chi connectivity index (χ3v) is 2.79. The standard InChI is InChI=1S/C11H9BrO3/c1-14-11(13)8-4-5-9(12)10-7(8)3-2-6-15-10/h2-5H,6H2,1H3. The number of benzene rings is 1. The summed E-state index contributed by atoms with van der Waals surface area (Å²) in [6.07, 6.45) is 3.73. The highest BCUT2D eigenvalue weighted by Crippen LogP contribution is 2.34. The molecule has 1 aromatic rings. The van der Waals surface area contributed by atoms with Crippen LogP contribution in [0.4, 0.5) is 0 Å². The van der Waals surface area contributed by atoms with E-state index in [9.17, 15) is 4.79 Å². The van der Waals surface area contributed by atoms with Crippen LogP contribution in [0.3, 0.4) is 0 Å². The fraction of sp³-hybridized carbons (Fsp3) is 0.182. The molecule has 1 aliphatic heterocycles. The van der Waals surface area contributed by atoms with E-state index in [0.717, 1.165) is 10.0 Å². The quantitative estimate of drug-likeness (QED) is 0.735. The zero-order valence-electron chi connectivity index (χ0n) is 8.12. The molecule has 0 atom stereocenters. The van der Waals surface area contributed by atoms with Crippen molar-refractivity contribution in [1.29, 1.82) is 0 Å². The van der Waals surface area contributed by atoms with E-state index in [2.05, 4.69) is 15.9 Å². The molecule has 78 valence electrons. The first kappa shape index (κ1) is 10.2. The molecule has 0 saturated heterocycles. The van der Waals surface area contributed by atoms with E-state index in [0.29, 0.717) is 17.9 Å². The third-order valence-electron chi connectivity index (χ3n) is 2.16. The summed E-state index contributed by atoms with van der Waals surface area (Å²) in [4.78, 5) is 11.5. The maximum absolute atomic E-state index is 11.5. The molecule has 0 amide bonds. The fourth-order valence-corrected chi connectivity index (χ4v) is 1.93. The second-order valence-electron chi connectivity index (χ2n) is 3.04. The minimum atomic E-state index is -0.353. The van der Waals surface area contributed by atoms with Gasteiger partial charge in [0.05, 0.1) is 17.1 Å². The number of carbonyl (C=O) groups is 1. The molecule has 1 aliphatic rings. The van der Waals surface area contributed by atoms with Crippen molar-refractivity contribution in [2.75, 3.05) is 13.7 Å². The van der Waals surface area contributed by atoms with Gasteiger partial charge in [-0.1, -0.05) is 6.08 Å². The van der Waals surface area contributed by atoms with E-state index in [4.69, 9.17) is 9.47 Å². The molecule has 1 aromatic carbocycles. The molecule has 0 unspecified atom stereocenters. The summed E-state index contributed by atoms with van der Waals surface area (Å²) >= 11 is 3.38. The van der Waals surface area contributed by atoms with Gasteiger partial charge >= 0.3 is 5.97 Å². The smallest absolute Gasteiger partial charge is 0.338 e. The van der Waals surface area contributed by atoms with Crippen LogP contribution >= 0.6 is 15.9 Å². The summed E-state index contributed by atoms with van der Waals surface area (Å²) in [6, 6.07) is 3.50. The highest BCUT2D eigenvalue weighted by atomic mass is 79.9. The molecule has 0 aliphatic carbocycles. The maximum atomic E-state index is 11.5. The van der Waals surface area contributed by atoms with Gasteiger partial charge in [0.2, 0.25) is 0 Å². The van der Waals surface area contributed by atoms with Gasteiger partial charge in [-0.05, 0) is 34.1 Å². The van der Waals surface area contributed by atoms with E-state index in [-0.39, 0.29) is 5.97 Å².